The van der Waals surface area contributed by atoms with E-state index in [2.05, 4.69) is 34.1 Å². The van der Waals surface area contributed by atoms with Crippen LogP contribution in [0.3, 0.4) is 0 Å². The summed E-state index contributed by atoms with van der Waals surface area (Å²) in [6, 6.07) is 23.6. The summed E-state index contributed by atoms with van der Waals surface area (Å²) in [5.41, 5.74) is 4.27. The molecule has 0 aromatic heterocycles. The van der Waals surface area contributed by atoms with Crippen LogP contribution in [-0.2, 0) is 23.0 Å². The van der Waals surface area contributed by atoms with Crippen molar-refractivity contribution in [3.63, 3.8) is 0 Å². The summed E-state index contributed by atoms with van der Waals surface area (Å²) < 4.78 is 28.8. The van der Waals surface area contributed by atoms with E-state index in [9.17, 15) is 18.0 Å². The fourth-order valence-electron chi connectivity index (χ4n) is 4.73. The largest absolute Gasteiger partial charge is 0.341 e. The predicted molar refractivity (Wildman–Crippen MR) is 165 cm³/mol. The van der Waals surface area contributed by atoms with Gasteiger partial charge in [-0.05, 0) is 61.2 Å². The molecule has 0 aliphatic heterocycles. The van der Waals surface area contributed by atoms with E-state index < -0.39 is 16.1 Å². The van der Waals surface area contributed by atoms with Crippen molar-refractivity contribution in [3.8, 4) is 11.1 Å². The van der Waals surface area contributed by atoms with Crippen LogP contribution in [0.1, 0.15) is 48.2 Å². The Balaban J connectivity index is 1.77. The Morgan fingerprint density at radius 3 is 2.20 bits per heavy atom. The van der Waals surface area contributed by atoms with E-state index in [-0.39, 0.29) is 17.6 Å². The van der Waals surface area contributed by atoms with Crippen LogP contribution < -0.4 is 15.4 Å². The number of amides is 2. The molecule has 0 saturated heterocycles. The minimum absolute atomic E-state index is 0.0293. The summed E-state index contributed by atoms with van der Waals surface area (Å²) in [5, 5.41) is 5.35. The van der Waals surface area contributed by atoms with Gasteiger partial charge in [0.2, 0.25) is 10.0 Å². The predicted octanol–water partition coefficient (Wildman–Crippen LogP) is 4.62. The normalized spacial score (nSPS) is 12.2. The third kappa shape index (κ3) is 10.1. The summed E-state index contributed by atoms with van der Waals surface area (Å²) in [7, 11) is -2.09. The number of hydrogen-bond acceptors (Lipinski definition) is 5. The minimum atomic E-state index is -3.66. The number of nitrogens with zero attached hydrogens (tertiary/aromatic N) is 1. The minimum Gasteiger partial charge on any atom is -0.341 e. The van der Waals surface area contributed by atoms with Crippen LogP contribution >= 0.6 is 0 Å². The van der Waals surface area contributed by atoms with Crippen molar-refractivity contribution in [2.24, 2.45) is 0 Å². The molecular formula is C32H42N4O4S. The molecule has 0 fully saturated rings. The van der Waals surface area contributed by atoms with Crippen LogP contribution in [0.5, 0.6) is 0 Å². The molecule has 0 radical (unpaired) electrons. The Morgan fingerprint density at radius 1 is 0.878 bits per heavy atom. The molecule has 41 heavy (non-hydrogen) atoms. The zero-order valence-corrected chi connectivity index (χ0v) is 25.0. The summed E-state index contributed by atoms with van der Waals surface area (Å²) in [5.74, 6) is -0.285. The molecule has 0 aliphatic carbocycles. The first-order valence-electron chi connectivity index (χ1n) is 14.2. The highest BCUT2D eigenvalue weighted by atomic mass is 32.2. The van der Waals surface area contributed by atoms with Crippen molar-refractivity contribution in [1.29, 1.82) is 0 Å². The van der Waals surface area contributed by atoms with Gasteiger partial charge in [-0.25, -0.2) is 17.9 Å². The second-order valence-electron chi connectivity index (χ2n) is 9.93. The molecule has 0 saturated carbocycles. The zero-order valence-electron chi connectivity index (χ0n) is 24.2. The van der Waals surface area contributed by atoms with Crippen molar-refractivity contribution in [2.75, 3.05) is 32.4 Å². The number of benzene rings is 3. The first-order chi connectivity index (χ1) is 19.8. The molecule has 0 bridgehead atoms. The van der Waals surface area contributed by atoms with Gasteiger partial charge in [-0.3, -0.25) is 4.79 Å². The first kappa shape index (κ1) is 32.0. The molecule has 2 amide bonds. The average molecular weight is 579 g/mol. The molecule has 3 rings (SSSR count). The Morgan fingerprint density at radius 2 is 1.54 bits per heavy atom. The standard InChI is InChI=1S/C32H42N4O4S/c1-4-36(5-2)22-11-23-41(39,40)35-30(21-16-25-12-7-6-8-13-25)31(37)27-19-17-26(18-20-27)29-15-10-9-14-28(29)24-34-32(38)33-3/h6-10,12-15,17-20,30,35H,4-5,11,16,21-24H2,1-3H3,(H2,33,34,38)/t30-/m1/s1. The zero-order chi connectivity index (χ0) is 29.7. The molecule has 220 valence electrons. The number of rotatable bonds is 16. The Hall–Kier alpha value is -3.53. The van der Waals surface area contributed by atoms with Crippen LogP contribution in [0, 0.1) is 0 Å². The van der Waals surface area contributed by atoms with Crippen LogP contribution in [0.25, 0.3) is 11.1 Å². The van der Waals surface area contributed by atoms with Crippen molar-refractivity contribution in [2.45, 2.75) is 45.7 Å². The number of sulfonamides is 1. The second kappa shape index (κ2) is 16.0. The number of urea groups is 1. The molecule has 0 heterocycles. The van der Waals surface area contributed by atoms with E-state index in [0.717, 1.165) is 35.3 Å². The molecule has 0 spiro atoms. The Labute approximate surface area is 244 Å². The van der Waals surface area contributed by atoms with Crippen molar-refractivity contribution in [3.05, 3.63) is 95.6 Å². The maximum Gasteiger partial charge on any atom is 0.314 e. The molecule has 0 unspecified atom stereocenters. The fourth-order valence-corrected chi connectivity index (χ4v) is 6.01. The lowest BCUT2D eigenvalue weighted by Gasteiger charge is -2.20. The van der Waals surface area contributed by atoms with Gasteiger partial charge in [-0.2, -0.15) is 0 Å². The maximum absolute atomic E-state index is 13.7. The van der Waals surface area contributed by atoms with Crippen molar-refractivity contribution in [1.82, 2.24) is 20.3 Å². The number of carbonyl (C=O) groups is 2. The van der Waals surface area contributed by atoms with E-state index in [0.29, 0.717) is 37.9 Å². The maximum atomic E-state index is 13.7. The molecule has 0 aliphatic rings. The van der Waals surface area contributed by atoms with Crippen LogP contribution in [0.4, 0.5) is 4.79 Å². The number of ketones is 1. The highest BCUT2D eigenvalue weighted by Gasteiger charge is 2.25. The number of nitrogens with one attached hydrogen (secondary N) is 3. The lowest BCUT2D eigenvalue weighted by Crippen LogP contribution is -2.42. The van der Waals surface area contributed by atoms with Gasteiger partial charge >= 0.3 is 6.03 Å². The van der Waals surface area contributed by atoms with Crippen LogP contribution in [0.2, 0.25) is 0 Å². The highest BCUT2D eigenvalue weighted by molar-refractivity contribution is 7.89. The molecule has 3 N–H and O–H groups in total. The van der Waals surface area contributed by atoms with Gasteiger partial charge in [-0.1, -0.05) is 92.7 Å². The number of Topliss-reactive ketones (excluding diaryl/α,β-unsaturated/α-hetero) is 1. The quantitative estimate of drug-likeness (QED) is 0.215. The van der Waals surface area contributed by atoms with Gasteiger partial charge < -0.3 is 15.5 Å². The van der Waals surface area contributed by atoms with Crippen molar-refractivity contribution < 1.29 is 18.0 Å². The van der Waals surface area contributed by atoms with E-state index in [1.54, 1.807) is 19.2 Å². The fraction of sp³-hybridized carbons (Fsp3) is 0.375. The van der Waals surface area contributed by atoms with E-state index >= 15 is 0 Å². The molecule has 1 atom stereocenters. The monoisotopic (exact) mass is 578 g/mol. The summed E-state index contributed by atoms with van der Waals surface area (Å²) in [6.07, 6.45) is 1.43. The molecule has 3 aromatic carbocycles. The summed E-state index contributed by atoms with van der Waals surface area (Å²) >= 11 is 0. The number of hydrogen-bond donors (Lipinski definition) is 3. The topological polar surface area (TPSA) is 108 Å². The van der Waals surface area contributed by atoms with Gasteiger partial charge in [0.25, 0.3) is 0 Å². The molecule has 9 heteroatoms. The van der Waals surface area contributed by atoms with Crippen LogP contribution in [-0.4, -0.2) is 63.6 Å². The van der Waals surface area contributed by atoms with E-state index in [4.69, 9.17) is 0 Å². The van der Waals surface area contributed by atoms with Crippen LogP contribution in [0.15, 0.2) is 78.9 Å². The summed E-state index contributed by atoms with van der Waals surface area (Å²) in [6.45, 7) is 6.90. The molecular weight excluding hydrogens is 536 g/mol. The lowest BCUT2D eigenvalue weighted by atomic mass is 9.95. The third-order valence-corrected chi connectivity index (χ3v) is 8.62. The molecule has 3 aromatic rings. The van der Waals surface area contributed by atoms with Gasteiger partial charge in [0, 0.05) is 19.2 Å². The smallest absolute Gasteiger partial charge is 0.314 e. The number of aryl methyl sites for hydroxylation is 1. The Bertz CT molecular complexity index is 1360. The first-order valence-corrected chi connectivity index (χ1v) is 15.9. The van der Waals surface area contributed by atoms with Gasteiger partial charge in [0.15, 0.2) is 5.78 Å². The SMILES string of the molecule is CCN(CC)CCCS(=O)(=O)N[C@H](CCc1ccccc1)C(=O)c1ccc(-c2ccccc2CNC(=O)NC)cc1. The highest BCUT2D eigenvalue weighted by Crippen LogP contribution is 2.25. The average Bonchev–Trinajstić information content (AvgIpc) is 3.00. The Kier molecular flexibility index (Phi) is 12.5. The number of carbonyl (C=O) groups excluding carboxylic acids is 2. The summed E-state index contributed by atoms with van der Waals surface area (Å²) in [4.78, 5) is 27.5. The van der Waals surface area contributed by atoms with Gasteiger partial charge in [-0.15, -0.1) is 0 Å². The molecule has 8 nitrogen and oxygen atoms in total. The van der Waals surface area contributed by atoms with Gasteiger partial charge in [0.1, 0.15) is 0 Å². The van der Waals surface area contributed by atoms with Gasteiger partial charge in [0.05, 0.1) is 11.8 Å². The third-order valence-electron chi connectivity index (χ3n) is 7.15. The van der Waals surface area contributed by atoms with E-state index in [1.807, 2.05) is 66.7 Å². The lowest BCUT2D eigenvalue weighted by molar-refractivity contribution is 0.0949. The van der Waals surface area contributed by atoms with E-state index in [1.165, 1.54) is 0 Å². The van der Waals surface area contributed by atoms with Crippen molar-refractivity contribution >= 4 is 21.8 Å². The second-order valence-corrected chi connectivity index (χ2v) is 11.8.